The molecule has 17 heavy (non-hydrogen) atoms. The Hall–Kier alpha value is -1.58. The van der Waals surface area contributed by atoms with Crippen LogP contribution >= 0.6 is 0 Å². The van der Waals surface area contributed by atoms with Gasteiger partial charge in [-0.1, -0.05) is 12.1 Å². The van der Waals surface area contributed by atoms with Crippen LogP contribution in [-0.2, 0) is 4.74 Å². The number of carbonyl (C=O) groups is 1. The molecule has 92 valence electrons. The Labute approximate surface area is 100 Å². The first kappa shape index (κ1) is 11.9. The minimum Gasteiger partial charge on any atom is -0.441 e. The van der Waals surface area contributed by atoms with E-state index in [0.29, 0.717) is 6.54 Å². The molecule has 1 heterocycles. The molecular weight excluding hydrogens is 221 g/mol. The molecular formula is C13H16FNO2. The third kappa shape index (κ3) is 2.57. The standard InChI is InChI=1S/C13H16FNO2/c1-9(2)15-8-7-12(17-13(15)16)10-3-5-11(14)6-4-10/h3-6,9,12H,7-8H2,1-2H3/t12-/m1/s1. The third-order valence-corrected chi connectivity index (χ3v) is 2.97. The van der Waals surface area contributed by atoms with Gasteiger partial charge in [0.2, 0.25) is 0 Å². The van der Waals surface area contributed by atoms with E-state index >= 15 is 0 Å². The Morgan fingerprint density at radius 2 is 2.00 bits per heavy atom. The van der Waals surface area contributed by atoms with E-state index in [2.05, 4.69) is 0 Å². The predicted octanol–water partition coefficient (Wildman–Crippen LogP) is 3.12. The average Bonchev–Trinajstić information content (AvgIpc) is 2.29. The molecule has 1 atom stereocenters. The summed E-state index contributed by atoms with van der Waals surface area (Å²) in [5.74, 6) is -0.278. The summed E-state index contributed by atoms with van der Waals surface area (Å²) in [5.41, 5.74) is 0.850. The van der Waals surface area contributed by atoms with Crippen molar-refractivity contribution in [1.82, 2.24) is 4.90 Å². The molecule has 1 amide bonds. The lowest BCUT2D eigenvalue weighted by atomic mass is 10.0. The van der Waals surface area contributed by atoms with Gasteiger partial charge < -0.3 is 9.64 Å². The van der Waals surface area contributed by atoms with Crippen LogP contribution < -0.4 is 0 Å². The summed E-state index contributed by atoms with van der Waals surface area (Å²) in [6, 6.07) is 6.25. The molecule has 4 heteroatoms. The number of halogens is 1. The lowest BCUT2D eigenvalue weighted by molar-refractivity contribution is 0.0150. The molecule has 3 nitrogen and oxygen atoms in total. The van der Waals surface area contributed by atoms with Gasteiger partial charge in [-0.05, 0) is 31.5 Å². The molecule has 1 aromatic carbocycles. The summed E-state index contributed by atoms with van der Waals surface area (Å²) in [6.45, 7) is 4.59. The van der Waals surface area contributed by atoms with Crippen molar-refractivity contribution in [1.29, 1.82) is 0 Å². The fourth-order valence-corrected chi connectivity index (χ4v) is 1.98. The molecule has 1 fully saturated rings. The summed E-state index contributed by atoms with van der Waals surface area (Å²) in [7, 11) is 0. The first-order valence-corrected chi connectivity index (χ1v) is 5.80. The summed E-state index contributed by atoms with van der Waals surface area (Å²) >= 11 is 0. The van der Waals surface area contributed by atoms with Gasteiger partial charge in [0, 0.05) is 19.0 Å². The smallest absolute Gasteiger partial charge is 0.410 e. The molecule has 1 aliphatic heterocycles. The van der Waals surface area contributed by atoms with Gasteiger partial charge in [0.05, 0.1) is 0 Å². The van der Waals surface area contributed by atoms with Crippen LogP contribution in [0.4, 0.5) is 9.18 Å². The number of cyclic esters (lactones) is 1. The number of ether oxygens (including phenoxy) is 1. The summed E-state index contributed by atoms with van der Waals surface area (Å²) in [5, 5.41) is 0. The second-order valence-corrected chi connectivity index (χ2v) is 4.50. The zero-order valence-corrected chi connectivity index (χ0v) is 10.0. The van der Waals surface area contributed by atoms with Gasteiger partial charge in [0.25, 0.3) is 0 Å². The maximum atomic E-state index is 12.8. The fourth-order valence-electron chi connectivity index (χ4n) is 1.98. The zero-order chi connectivity index (χ0) is 12.4. The number of benzene rings is 1. The Morgan fingerprint density at radius 3 is 2.53 bits per heavy atom. The normalized spacial score (nSPS) is 20.6. The quantitative estimate of drug-likeness (QED) is 0.791. The molecule has 0 N–H and O–H groups in total. The van der Waals surface area contributed by atoms with Crippen molar-refractivity contribution in [2.75, 3.05) is 6.54 Å². The number of hydrogen-bond acceptors (Lipinski definition) is 2. The molecule has 1 saturated heterocycles. The fraction of sp³-hybridized carbons (Fsp3) is 0.462. The number of rotatable bonds is 2. The van der Waals surface area contributed by atoms with Crippen molar-refractivity contribution in [3.05, 3.63) is 35.6 Å². The number of carbonyl (C=O) groups excluding carboxylic acids is 1. The van der Waals surface area contributed by atoms with Crippen LogP contribution in [0.15, 0.2) is 24.3 Å². The van der Waals surface area contributed by atoms with Crippen molar-refractivity contribution in [3.8, 4) is 0 Å². The maximum absolute atomic E-state index is 12.8. The van der Waals surface area contributed by atoms with Gasteiger partial charge in [0.1, 0.15) is 11.9 Å². The molecule has 0 aromatic heterocycles. The average molecular weight is 237 g/mol. The molecule has 2 rings (SSSR count). The number of hydrogen-bond donors (Lipinski definition) is 0. The topological polar surface area (TPSA) is 29.5 Å². The van der Waals surface area contributed by atoms with Crippen LogP contribution in [0, 0.1) is 5.82 Å². The van der Waals surface area contributed by atoms with Crippen LogP contribution in [0.5, 0.6) is 0 Å². The monoisotopic (exact) mass is 237 g/mol. The Balaban J connectivity index is 2.07. The van der Waals surface area contributed by atoms with E-state index in [1.165, 1.54) is 12.1 Å². The lowest BCUT2D eigenvalue weighted by Crippen LogP contribution is -2.43. The maximum Gasteiger partial charge on any atom is 0.410 e. The SMILES string of the molecule is CC(C)N1CC[C@H](c2ccc(F)cc2)OC1=O. The van der Waals surface area contributed by atoms with Crippen molar-refractivity contribution < 1.29 is 13.9 Å². The van der Waals surface area contributed by atoms with Crippen molar-refractivity contribution >= 4 is 6.09 Å². The van der Waals surface area contributed by atoms with Crippen molar-refractivity contribution in [2.24, 2.45) is 0 Å². The molecule has 0 spiro atoms. The summed E-state index contributed by atoms with van der Waals surface area (Å²) < 4.78 is 18.1. The third-order valence-electron chi connectivity index (χ3n) is 2.97. The van der Waals surface area contributed by atoms with E-state index in [1.807, 2.05) is 13.8 Å². The molecule has 0 saturated carbocycles. The van der Waals surface area contributed by atoms with E-state index in [0.717, 1.165) is 12.0 Å². The first-order valence-electron chi connectivity index (χ1n) is 5.80. The molecule has 0 bridgehead atoms. The summed E-state index contributed by atoms with van der Waals surface area (Å²) in [6.07, 6.45) is 0.203. The number of amides is 1. The van der Waals surface area contributed by atoms with E-state index in [-0.39, 0.29) is 24.1 Å². The Bertz CT molecular complexity index is 402. The Kier molecular flexibility index (Phi) is 3.31. The molecule has 0 unspecified atom stereocenters. The predicted molar refractivity (Wildman–Crippen MR) is 62.1 cm³/mol. The molecule has 1 aliphatic rings. The van der Waals surface area contributed by atoms with Crippen LogP contribution in [0.1, 0.15) is 31.9 Å². The van der Waals surface area contributed by atoms with Gasteiger partial charge in [0.15, 0.2) is 0 Å². The van der Waals surface area contributed by atoms with Crippen LogP contribution in [0.3, 0.4) is 0 Å². The van der Waals surface area contributed by atoms with E-state index in [1.54, 1.807) is 17.0 Å². The van der Waals surface area contributed by atoms with Gasteiger partial charge in [-0.25, -0.2) is 9.18 Å². The highest BCUT2D eigenvalue weighted by atomic mass is 19.1. The van der Waals surface area contributed by atoms with Crippen LogP contribution in [0.25, 0.3) is 0 Å². The Morgan fingerprint density at radius 1 is 1.35 bits per heavy atom. The summed E-state index contributed by atoms with van der Waals surface area (Å²) in [4.78, 5) is 13.4. The minimum atomic E-state index is -0.291. The van der Waals surface area contributed by atoms with Gasteiger partial charge in [-0.3, -0.25) is 0 Å². The van der Waals surface area contributed by atoms with E-state index in [9.17, 15) is 9.18 Å². The minimum absolute atomic E-state index is 0.150. The van der Waals surface area contributed by atoms with E-state index in [4.69, 9.17) is 4.74 Å². The lowest BCUT2D eigenvalue weighted by Gasteiger charge is -2.34. The van der Waals surface area contributed by atoms with Gasteiger partial charge in [-0.2, -0.15) is 0 Å². The molecule has 0 aliphatic carbocycles. The van der Waals surface area contributed by atoms with Gasteiger partial charge in [-0.15, -0.1) is 0 Å². The van der Waals surface area contributed by atoms with Crippen molar-refractivity contribution in [3.63, 3.8) is 0 Å². The number of nitrogens with zero attached hydrogens (tertiary/aromatic N) is 1. The van der Waals surface area contributed by atoms with E-state index < -0.39 is 0 Å². The highest BCUT2D eigenvalue weighted by molar-refractivity contribution is 5.69. The first-order chi connectivity index (χ1) is 8.08. The molecule has 1 aromatic rings. The zero-order valence-electron chi connectivity index (χ0n) is 10.0. The highest BCUT2D eigenvalue weighted by Crippen LogP contribution is 2.27. The molecule has 0 radical (unpaired) electrons. The second-order valence-electron chi connectivity index (χ2n) is 4.50. The largest absolute Gasteiger partial charge is 0.441 e. The van der Waals surface area contributed by atoms with Crippen LogP contribution in [0.2, 0.25) is 0 Å². The second kappa shape index (κ2) is 4.73. The van der Waals surface area contributed by atoms with Crippen LogP contribution in [-0.4, -0.2) is 23.6 Å². The highest BCUT2D eigenvalue weighted by Gasteiger charge is 2.29. The van der Waals surface area contributed by atoms with Crippen molar-refractivity contribution in [2.45, 2.75) is 32.4 Å². The van der Waals surface area contributed by atoms with Gasteiger partial charge >= 0.3 is 6.09 Å².